The van der Waals surface area contributed by atoms with Gasteiger partial charge in [0.1, 0.15) is 5.01 Å². The number of nitrogen functional groups attached to an aromatic ring is 1. The van der Waals surface area contributed by atoms with Crippen molar-refractivity contribution in [1.29, 1.82) is 0 Å². The molecule has 2 heterocycles. The van der Waals surface area contributed by atoms with Crippen LogP contribution in [0.5, 0.6) is 0 Å². The molecular weight excluding hydrogens is 458 g/mol. The molecule has 3 aromatic rings. The molecule has 0 bridgehead atoms. The van der Waals surface area contributed by atoms with E-state index in [1.54, 1.807) is 37.4 Å². The minimum atomic E-state index is -3.52. The fourth-order valence-electron chi connectivity index (χ4n) is 2.81. The molecule has 2 aromatic heterocycles. The van der Waals surface area contributed by atoms with Crippen molar-refractivity contribution in [1.82, 2.24) is 15.0 Å². The van der Waals surface area contributed by atoms with Crippen LogP contribution in [0.15, 0.2) is 30.5 Å². The molecule has 0 atom stereocenters. The Labute approximate surface area is 190 Å². The lowest BCUT2D eigenvalue weighted by molar-refractivity contribution is 0.218. The van der Waals surface area contributed by atoms with Crippen molar-refractivity contribution in [3.8, 4) is 21.8 Å². The van der Waals surface area contributed by atoms with Crippen LogP contribution in [0.2, 0.25) is 5.02 Å². The number of halogens is 1. The van der Waals surface area contributed by atoms with Crippen LogP contribution in [0.1, 0.15) is 32.2 Å². The molecule has 0 amide bonds. The Morgan fingerprint density at radius 1 is 1.26 bits per heavy atom. The Balaban J connectivity index is 2.19. The molecule has 0 saturated heterocycles. The van der Waals surface area contributed by atoms with Gasteiger partial charge in [0, 0.05) is 17.2 Å². The SMILES string of the molecule is CCCS(=O)(=O)Nc1cccc(-c2nc(C(C)(C)CO)sc2-c2ccnc(N)n2)c1Cl. The lowest BCUT2D eigenvalue weighted by Gasteiger charge is -2.17. The third-order valence-corrected chi connectivity index (χ3v) is 7.83. The molecular formula is C20H24ClN5O3S2. The largest absolute Gasteiger partial charge is 0.395 e. The number of nitrogens with one attached hydrogen (secondary N) is 1. The normalized spacial score (nSPS) is 12.2. The summed E-state index contributed by atoms with van der Waals surface area (Å²) in [6, 6.07) is 6.79. The second kappa shape index (κ2) is 9.07. The quantitative estimate of drug-likeness (QED) is 0.444. The summed E-state index contributed by atoms with van der Waals surface area (Å²) in [5.41, 5.74) is 7.09. The van der Waals surface area contributed by atoms with Crippen LogP contribution in [-0.2, 0) is 15.4 Å². The summed E-state index contributed by atoms with van der Waals surface area (Å²) < 4.78 is 27.1. The van der Waals surface area contributed by atoms with Gasteiger partial charge >= 0.3 is 0 Å². The Hall–Kier alpha value is -2.27. The van der Waals surface area contributed by atoms with Crippen LogP contribution in [-0.4, -0.2) is 40.8 Å². The molecule has 0 saturated carbocycles. The summed E-state index contributed by atoms with van der Waals surface area (Å²) in [6.45, 7) is 5.45. The van der Waals surface area contributed by atoms with Gasteiger partial charge in [-0.2, -0.15) is 0 Å². The predicted octanol–water partition coefficient (Wildman–Crippen LogP) is 3.92. The number of aliphatic hydroxyl groups excluding tert-OH is 1. The molecule has 0 unspecified atom stereocenters. The number of aromatic nitrogens is 3. The minimum absolute atomic E-state index is 0.00937. The zero-order valence-electron chi connectivity index (χ0n) is 17.4. The first-order valence-corrected chi connectivity index (χ1v) is 12.4. The molecule has 0 spiro atoms. The van der Waals surface area contributed by atoms with Crippen molar-refractivity contribution in [3.05, 3.63) is 40.5 Å². The van der Waals surface area contributed by atoms with Crippen molar-refractivity contribution in [2.75, 3.05) is 22.8 Å². The zero-order chi connectivity index (χ0) is 22.8. The summed E-state index contributed by atoms with van der Waals surface area (Å²) >= 11 is 8.00. The van der Waals surface area contributed by atoms with E-state index in [2.05, 4.69) is 14.7 Å². The average Bonchev–Trinajstić information content (AvgIpc) is 3.15. The van der Waals surface area contributed by atoms with Gasteiger partial charge in [-0.05, 0) is 18.6 Å². The number of anilines is 2. The number of benzene rings is 1. The second-order valence-electron chi connectivity index (χ2n) is 7.63. The lowest BCUT2D eigenvalue weighted by Crippen LogP contribution is -2.21. The van der Waals surface area contributed by atoms with E-state index < -0.39 is 15.4 Å². The maximum Gasteiger partial charge on any atom is 0.232 e. The molecule has 11 heteroatoms. The van der Waals surface area contributed by atoms with Crippen LogP contribution in [0.4, 0.5) is 11.6 Å². The highest BCUT2D eigenvalue weighted by Crippen LogP contribution is 2.43. The number of thiazole rings is 1. The third kappa shape index (κ3) is 5.15. The van der Waals surface area contributed by atoms with E-state index >= 15 is 0 Å². The van der Waals surface area contributed by atoms with Gasteiger partial charge in [0.15, 0.2) is 0 Å². The number of nitrogens with zero attached hydrogens (tertiary/aromatic N) is 3. The van der Waals surface area contributed by atoms with Crippen LogP contribution in [0.3, 0.4) is 0 Å². The standard InChI is InChI=1S/C20H24ClN5O3S2/c1-4-10-31(28,29)26-13-7-5-6-12(15(13)21)16-17(14-8-9-23-19(22)24-14)30-18(25-16)20(2,3)11-27/h5-9,26-27H,4,10-11H2,1-3H3,(H2,22,23,24). The fraction of sp³-hybridized carbons (Fsp3) is 0.350. The lowest BCUT2D eigenvalue weighted by atomic mass is 9.96. The molecule has 4 N–H and O–H groups in total. The van der Waals surface area contributed by atoms with Crippen LogP contribution in [0.25, 0.3) is 21.8 Å². The fourth-order valence-corrected chi connectivity index (χ4v) is 5.42. The Bertz CT molecular complexity index is 1200. The predicted molar refractivity (Wildman–Crippen MR) is 126 cm³/mol. The van der Waals surface area contributed by atoms with Crippen LogP contribution >= 0.6 is 22.9 Å². The summed E-state index contributed by atoms with van der Waals surface area (Å²) in [5.74, 6) is 0.108. The van der Waals surface area contributed by atoms with Crippen molar-refractivity contribution >= 4 is 44.6 Å². The van der Waals surface area contributed by atoms with Gasteiger partial charge in [-0.3, -0.25) is 4.72 Å². The average molecular weight is 482 g/mol. The molecule has 0 aliphatic carbocycles. The molecule has 0 aliphatic heterocycles. The molecule has 0 radical (unpaired) electrons. The van der Waals surface area contributed by atoms with Gasteiger partial charge in [-0.15, -0.1) is 11.3 Å². The summed E-state index contributed by atoms with van der Waals surface area (Å²) in [7, 11) is -3.52. The molecule has 3 rings (SSSR count). The number of rotatable bonds is 8. The molecule has 0 aliphatic rings. The molecule has 8 nitrogen and oxygen atoms in total. The Kier molecular flexibility index (Phi) is 6.85. The first-order chi connectivity index (χ1) is 14.6. The van der Waals surface area contributed by atoms with E-state index in [-0.39, 0.29) is 29.0 Å². The maximum absolute atomic E-state index is 12.3. The van der Waals surface area contributed by atoms with Crippen molar-refractivity contribution < 1.29 is 13.5 Å². The second-order valence-corrected chi connectivity index (χ2v) is 10.8. The summed E-state index contributed by atoms with van der Waals surface area (Å²) in [6.07, 6.45) is 2.03. The number of nitrogens with two attached hydrogens (primary N) is 1. The highest BCUT2D eigenvalue weighted by Gasteiger charge is 2.28. The number of hydrogen-bond acceptors (Lipinski definition) is 8. The highest BCUT2D eigenvalue weighted by molar-refractivity contribution is 7.92. The minimum Gasteiger partial charge on any atom is -0.395 e. The first-order valence-electron chi connectivity index (χ1n) is 9.58. The van der Waals surface area contributed by atoms with Gasteiger partial charge in [-0.25, -0.2) is 23.4 Å². The van der Waals surface area contributed by atoms with Gasteiger partial charge in [0.2, 0.25) is 16.0 Å². The zero-order valence-corrected chi connectivity index (χ0v) is 19.8. The monoisotopic (exact) mass is 481 g/mol. The number of aliphatic hydroxyl groups is 1. The maximum atomic E-state index is 12.3. The molecule has 0 fully saturated rings. The third-order valence-electron chi connectivity index (χ3n) is 4.50. The summed E-state index contributed by atoms with van der Waals surface area (Å²) in [4.78, 5) is 13.7. The van der Waals surface area contributed by atoms with E-state index in [0.29, 0.717) is 33.3 Å². The van der Waals surface area contributed by atoms with Crippen molar-refractivity contribution in [2.24, 2.45) is 0 Å². The van der Waals surface area contributed by atoms with E-state index in [9.17, 15) is 13.5 Å². The van der Waals surface area contributed by atoms with Gasteiger partial charge in [0.25, 0.3) is 0 Å². The van der Waals surface area contributed by atoms with Crippen molar-refractivity contribution in [2.45, 2.75) is 32.6 Å². The summed E-state index contributed by atoms with van der Waals surface area (Å²) in [5, 5.41) is 10.7. The molecule has 166 valence electrons. The van der Waals surface area contributed by atoms with E-state index in [1.807, 2.05) is 13.8 Å². The van der Waals surface area contributed by atoms with Gasteiger partial charge < -0.3 is 10.8 Å². The molecule has 1 aromatic carbocycles. The first kappa shape index (κ1) is 23.4. The highest BCUT2D eigenvalue weighted by atomic mass is 35.5. The van der Waals surface area contributed by atoms with Crippen molar-refractivity contribution in [3.63, 3.8) is 0 Å². The van der Waals surface area contributed by atoms with Gasteiger partial charge in [0.05, 0.1) is 39.3 Å². The Morgan fingerprint density at radius 2 is 2.00 bits per heavy atom. The topological polar surface area (TPSA) is 131 Å². The Morgan fingerprint density at radius 3 is 2.65 bits per heavy atom. The van der Waals surface area contributed by atoms with Crippen LogP contribution < -0.4 is 10.5 Å². The van der Waals surface area contributed by atoms with E-state index in [4.69, 9.17) is 22.3 Å². The van der Waals surface area contributed by atoms with Gasteiger partial charge in [-0.1, -0.05) is 44.5 Å². The number of sulfonamides is 1. The van der Waals surface area contributed by atoms with Crippen LogP contribution in [0, 0.1) is 0 Å². The smallest absolute Gasteiger partial charge is 0.232 e. The number of hydrogen-bond donors (Lipinski definition) is 3. The van der Waals surface area contributed by atoms with E-state index in [0.717, 1.165) is 0 Å². The van der Waals surface area contributed by atoms with E-state index in [1.165, 1.54) is 11.3 Å². The molecule has 31 heavy (non-hydrogen) atoms.